The average molecular weight is 266 g/mol. The summed E-state index contributed by atoms with van der Waals surface area (Å²) in [7, 11) is 0. The quantitative estimate of drug-likeness (QED) is 0.874. The highest BCUT2D eigenvalue weighted by atomic mass is 35.5. The predicted molar refractivity (Wildman–Crippen MR) is 71.4 cm³/mol. The fraction of sp³-hybridized carbons (Fsp3) is 0.286. The Morgan fingerprint density at radius 1 is 1.22 bits per heavy atom. The van der Waals surface area contributed by atoms with Crippen LogP contribution in [-0.2, 0) is 12.1 Å². The second-order valence-corrected chi connectivity index (χ2v) is 4.79. The van der Waals surface area contributed by atoms with Crippen LogP contribution in [0.4, 0.5) is 0 Å². The second kappa shape index (κ2) is 5.57. The Morgan fingerprint density at radius 3 is 2.50 bits per heavy atom. The van der Waals surface area contributed by atoms with Gasteiger partial charge in [0, 0.05) is 0 Å². The van der Waals surface area contributed by atoms with Crippen LogP contribution in [0.2, 0.25) is 5.22 Å². The maximum atomic E-state index is 9.60. The molecule has 2 rings (SSSR count). The Balaban J connectivity index is 2.09. The van der Waals surface area contributed by atoms with Crippen molar-refractivity contribution in [1.29, 1.82) is 0 Å². The molecule has 0 aliphatic carbocycles. The van der Waals surface area contributed by atoms with E-state index in [0.29, 0.717) is 11.8 Å². The zero-order valence-electron chi connectivity index (χ0n) is 10.2. The van der Waals surface area contributed by atoms with Gasteiger partial charge in [-0.25, -0.2) is 0 Å². The molecule has 0 saturated carbocycles. The van der Waals surface area contributed by atoms with Gasteiger partial charge >= 0.3 is 0 Å². The predicted octanol–water partition coefficient (Wildman–Crippen LogP) is 2.93. The Bertz CT molecular complexity index is 498. The third-order valence-electron chi connectivity index (χ3n) is 3.01. The summed E-state index contributed by atoms with van der Waals surface area (Å²) in [5, 5.41) is 13.3. The molecule has 2 N–H and O–H groups in total. The van der Waals surface area contributed by atoms with Crippen molar-refractivity contribution in [3.8, 4) is 0 Å². The third kappa shape index (κ3) is 2.93. The van der Waals surface area contributed by atoms with Crippen LogP contribution in [0.15, 0.2) is 46.9 Å². The van der Waals surface area contributed by atoms with Gasteiger partial charge in [-0.3, -0.25) is 5.32 Å². The average Bonchev–Trinajstić information content (AvgIpc) is 2.83. The lowest BCUT2D eigenvalue weighted by Crippen LogP contribution is -2.42. The fourth-order valence-corrected chi connectivity index (χ4v) is 1.95. The van der Waals surface area contributed by atoms with E-state index >= 15 is 0 Å². The van der Waals surface area contributed by atoms with Crippen LogP contribution in [0, 0.1) is 0 Å². The number of rotatable bonds is 5. The largest absolute Gasteiger partial charge is 0.448 e. The van der Waals surface area contributed by atoms with Crippen molar-refractivity contribution in [2.45, 2.75) is 19.0 Å². The normalized spacial score (nSPS) is 14.4. The van der Waals surface area contributed by atoms with Gasteiger partial charge in [0.1, 0.15) is 5.76 Å². The third-order valence-corrected chi connectivity index (χ3v) is 3.21. The molecular formula is C14H16ClNO2. The Hall–Kier alpha value is -1.29. The first-order valence-electron chi connectivity index (χ1n) is 5.80. The Kier molecular flexibility index (Phi) is 4.07. The Labute approximate surface area is 111 Å². The minimum atomic E-state index is -0.499. The van der Waals surface area contributed by atoms with E-state index in [1.165, 1.54) is 0 Å². The molecule has 2 aromatic rings. The lowest BCUT2D eigenvalue weighted by molar-refractivity contribution is 0.171. The van der Waals surface area contributed by atoms with Crippen LogP contribution in [0.3, 0.4) is 0 Å². The highest BCUT2D eigenvalue weighted by Crippen LogP contribution is 2.21. The number of benzene rings is 1. The molecular weight excluding hydrogens is 250 g/mol. The van der Waals surface area contributed by atoms with Crippen molar-refractivity contribution in [2.24, 2.45) is 0 Å². The van der Waals surface area contributed by atoms with E-state index < -0.39 is 5.54 Å². The number of halogens is 1. The van der Waals surface area contributed by atoms with Gasteiger partial charge in [0.2, 0.25) is 0 Å². The van der Waals surface area contributed by atoms with Gasteiger partial charge < -0.3 is 9.52 Å². The molecule has 0 aliphatic heterocycles. The molecule has 0 aliphatic rings. The standard InChI is InChI=1S/C14H16ClNO2/c1-14(10-17,11-5-3-2-4-6-11)16-9-12-7-8-13(15)18-12/h2-8,16-17H,9-10H2,1H3. The van der Waals surface area contributed by atoms with E-state index in [1.807, 2.05) is 43.3 Å². The monoisotopic (exact) mass is 265 g/mol. The highest BCUT2D eigenvalue weighted by Gasteiger charge is 2.25. The lowest BCUT2D eigenvalue weighted by Gasteiger charge is -2.29. The smallest absolute Gasteiger partial charge is 0.193 e. The van der Waals surface area contributed by atoms with E-state index in [4.69, 9.17) is 16.0 Å². The van der Waals surface area contributed by atoms with E-state index in [2.05, 4.69) is 5.32 Å². The first-order valence-corrected chi connectivity index (χ1v) is 6.17. The maximum absolute atomic E-state index is 9.60. The fourth-order valence-electron chi connectivity index (χ4n) is 1.78. The van der Waals surface area contributed by atoms with E-state index in [1.54, 1.807) is 6.07 Å². The molecule has 1 unspecified atom stereocenters. The zero-order valence-corrected chi connectivity index (χ0v) is 10.9. The first kappa shape index (κ1) is 13.1. The van der Waals surface area contributed by atoms with Gasteiger partial charge in [0.25, 0.3) is 0 Å². The summed E-state index contributed by atoms with van der Waals surface area (Å²) < 4.78 is 5.28. The van der Waals surface area contributed by atoms with Crippen molar-refractivity contribution in [2.75, 3.05) is 6.61 Å². The SMILES string of the molecule is CC(CO)(NCc1ccc(Cl)o1)c1ccccc1. The van der Waals surface area contributed by atoms with Crippen molar-refractivity contribution in [3.63, 3.8) is 0 Å². The summed E-state index contributed by atoms with van der Waals surface area (Å²) in [6.45, 7) is 2.47. The molecule has 4 heteroatoms. The molecule has 0 saturated heterocycles. The van der Waals surface area contributed by atoms with Crippen molar-refractivity contribution in [3.05, 3.63) is 59.0 Å². The first-order chi connectivity index (χ1) is 8.64. The minimum Gasteiger partial charge on any atom is -0.448 e. The van der Waals surface area contributed by atoms with Gasteiger partial charge in [-0.05, 0) is 36.2 Å². The molecule has 18 heavy (non-hydrogen) atoms. The summed E-state index contributed by atoms with van der Waals surface area (Å²) >= 11 is 5.72. The Morgan fingerprint density at radius 2 is 1.94 bits per heavy atom. The molecule has 1 heterocycles. The molecule has 0 spiro atoms. The second-order valence-electron chi connectivity index (χ2n) is 4.42. The number of aliphatic hydroxyl groups is 1. The van der Waals surface area contributed by atoms with Crippen LogP contribution >= 0.6 is 11.6 Å². The zero-order chi connectivity index (χ0) is 13.0. The molecule has 1 aromatic heterocycles. The summed E-state index contributed by atoms with van der Waals surface area (Å²) in [6, 6.07) is 13.4. The van der Waals surface area contributed by atoms with Gasteiger partial charge in [-0.15, -0.1) is 0 Å². The molecule has 0 radical (unpaired) electrons. The van der Waals surface area contributed by atoms with Gasteiger partial charge in [-0.1, -0.05) is 30.3 Å². The summed E-state index contributed by atoms with van der Waals surface area (Å²) in [4.78, 5) is 0. The van der Waals surface area contributed by atoms with Crippen LogP contribution < -0.4 is 5.32 Å². The summed E-state index contributed by atoms with van der Waals surface area (Å²) in [6.07, 6.45) is 0. The summed E-state index contributed by atoms with van der Waals surface area (Å²) in [5.41, 5.74) is 0.533. The molecule has 96 valence electrons. The number of aliphatic hydroxyl groups excluding tert-OH is 1. The molecule has 0 bridgehead atoms. The van der Waals surface area contributed by atoms with Gasteiger partial charge in [0.05, 0.1) is 18.7 Å². The minimum absolute atomic E-state index is 0.00541. The van der Waals surface area contributed by atoms with Gasteiger partial charge in [0.15, 0.2) is 5.22 Å². The molecule has 3 nitrogen and oxygen atoms in total. The lowest BCUT2D eigenvalue weighted by atomic mass is 9.93. The van der Waals surface area contributed by atoms with Crippen LogP contribution in [0.5, 0.6) is 0 Å². The van der Waals surface area contributed by atoms with E-state index in [0.717, 1.165) is 11.3 Å². The maximum Gasteiger partial charge on any atom is 0.193 e. The topological polar surface area (TPSA) is 45.4 Å². The number of hydrogen-bond acceptors (Lipinski definition) is 3. The van der Waals surface area contributed by atoms with E-state index in [-0.39, 0.29) is 6.61 Å². The summed E-state index contributed by atoms with van der Waals surface area (Å²) in [5.74, 6) is 0.746. The number of furan rings is 1. The molecule has 1 aromatic carbocycles. The van der Waals surface area contributed by atoms with Crippen LogP contribution in [0.25, 0.3) is 0 Å². The van der Waals surface area contributed by atoms with Gasteiger partial charge in [-0.2, -0.15) is 0 Å². The molecule has 1 atom stereocenters. The van der Waals surface area contributed by atoms with Crippen molar-refractivity contribution in [1.82, 2.24) is 5.32 Å². The van der Waals surface area contributed by atoms with E-state index in [9.17, 15) is 5.11 Å². The number of hydrogen-bond donors (Lipinski definition) is 2. The molecule has 0 fully saturated rings. The van der Waals surface area contributed by atoms with Crippen molar-refractivity contribution >= 4 is 11.6 Å². The highest BCUT2D eigenvalue weighted by molar-refractivity contribution is 6.28. The number of nitrogens with one attached hydrogen (secondary N) is 1. The van der Waals surface area contributed by atoms with Crippen LogP contribution in [-0.4, -0.2) is 11.7 Å². The molecule has 0 amide bonds. The van der Waals surface area contributed by atoms with Crippen molar-refractivity contribution < 1.29 is 9.52 Å². The van der Waals surface area contributed by atoms with Crippen LogP contribution in [0.1, 0.15) is 18.2 Å².